The van der Waals surface area contributed by atoms with Crippen molar-refractivity contribution < 1.29 is 13.9 Å². The number of rotatable bonds is 6. The van der Waals surface area contributed by atoms with E-state index in [2.05, 4.69) is 20.5 Å². The zero-order valence-electron chi connectivity index (χ0n) is 17.7. The first kappa shape index (κ1) is 20.2. The Kier molecular flexibility index (Phi) is 5.88. The fraction of sp³-hybridized carbons (Fsp3) is 0.435. The Morgan fingerprint density at radius 2 is 1.90 bits per heavy atom. The van der Waals surface area contributed by atoms with E-state index in [1.165, 1.54) is 0 Å². The second-order valence-corrected chi connectivity index (χ2v) is 8.06. The molecule has 0 aliphatic heterocycles. The molecular formula is C23H28N4O3. The van der Waals surface area contributed by atoms with E-state index < -0.39 is 0 Å². The topological polar surface area (TPSA) is 93.0 Å². The summed E-state index contributed by atoms with van der Waals surface area (Å²) in [6, 6.07) is 9.62. The molecular weight excluding hydrogens is 380 g/mol. The number of carbonyl (C=O) groups is 1. The van der Waals surface area contributed by atoms with Crippen molar-refractivity contribution in [1.29, 1.82) is 0 Å². The zero-order chi connectivity index (χ0) is 21.1. The predicted octanol–water partition coefficient (Wildman–Crippen LogP) is 4.39. The van der Waals surface area contributed by atoms with Crippen molar-refractivity contribution in [3.8, 4) is 17.0 Å². The average Bonchev–Trinajstić information content (AvgIpc) is 3.38. The molecule has 1 amide bonds. The fourth-order valence-corrected chi connectivity index (χ4v) is 4.18. The van der Waals surface area contributed by atoms with Gasteiger partial charge in [-0.3, -0.25) is 4.79 Å². The molecule has 0 spiro atoms. The molecule has 1 saturated carbocycles. The predicted molar refractivity (Wildman–Crippen MR) is 114 cm³/mol. The lowest BCUT2D eigenvalue weighted by molar-refractivity contribution is 0.0943. The Bertz CT molecular complexity index is 998. The summed E-state index contributed by atoms with van der Waals surface area (Å²) in [4.78, 5) is 16.2. The summed E-state index contributed by atoms with van der Waals surface area (Å²) in [5.41, 5.74) is 3.43. The number of methoxy groups -OCH3 is 1. The van der Waals surface area contributed by atoms with Crippen LogP contribution >= 0.6 is 0 Å². The largest absolute Gasteiger partial charge is 0.497 e. The Balaban J connectivity index is 1.35. The van der Waals surface area contributed by atoms with Crippen LogP contribution in [0.25, 0.3) is 11.3 Å². The molecule has 1 fully saturated rings. The number of aryl methyl sites for hydroxylation is 2. The molecule has 0 atom stereocenters. The van der Waals surface area contributed by atoms with E-state index in [1.54, 1.807) is 7.11 Å². The number of hydrogen-bond donors (Lipinski definition) is 2. The maximum Gasteiger partial charge on any atom is 0.253 e. The third-order valence-corrected chi connectivity index (χ3v) is 5.86. The summed E-state index contributed by atoms with van der Waals surface area (Å²) < 4.78 is 10.8. The smallest absolute Gasteiger partial charge is 0.253 e. The van der Waals surface area contributed by atoms with Crippen LogP contribution in [0.2, 0.25) is 0 Å². The van der Waals surface area contributed by atoms with Gasteiger partial charge < -0.3 is 19.5 Å². The monoisotopic (exact) mass is 408 g/mol. The minimum Gasteiger partial charge on any atom is -0.497 e. The highest BCUT2D eigenvalue weighted by Gasteiger charge is 2.26. The van der Waals surface area contributed by atoms with Crippen LogP contribution in [0.5, 0.6) is 5.75 Å². The zero-order valence-corrected chi connectivity index (χ0v) is 17.7. The number of aromatic nitrogens is 3. The van der Waals surface area contributed by atoms with Gasteiger partial charge in [0, 0.05) is 25.1 Å². The van der Waals surface area contributed by atoms with Gasteiger partial charge in [0.15, 0.2) is 0 Å². The molecule has 30 heavy (non-hydrogen) atoms. The van der Waals surface area contributed by atoms with Gasteiger partial charge in [-0.25, -0.2) is 0 Å². The van der Waals surface area contributed by atoms with Crippen molar-refractivity contribution in [1.82, 2.24) is 20.5 Å². The first-order chi connectivity index (χ1) is 14.5. The number of hydrogen-bond acceptors (Lipinski definition) is 5. The second-order valence-electron chi connectivity index (χ2n) is 8.06. The summed E-state index contributed by atoms with van der Waals surface area (Å²) in [6.07, 6.45) is 4.12. The fourth-order valence-electron chi connectivity index (χ4n) is 4.18. The van der Waals surface area contributed by atoms with Gasteiger partial charge in [-0.1, -0.05) is 0 Å². The Morgan fingerprint density at radius 3 is 2.53 bits per heavy atom. The van der Waals surface area contributed by atoms with Gasteiger partial charge in [0.1, 0.15) is 5.75 Å². The van der Waals surface area contributed by atoms with E-state index in [9.17, 15) is 4.79 Å². The SMILES string of the molecule is COc1ccc(-c2[nH]c(C)cc2C(=O)NCC2CCC(c3nnc(C)o3)CC2)cc1. The first-order valence-corrected chi connectivity index (χ1v) is 10.5. The van der Waals surface area contributed by atoms with E-state index in [0.717, 1.165) is 54.3 Å². The second kappa shape index (κ2) is 8.73. The number of amides is 1. The standard InChI is InChI=1S/C23H28N4O3/c1-14-12-20(21(25-14)17-8-10-19(29-3)11-9-17)22(28)24-13-16-4-6-18(7-5-16)23-27-26-15(2)30-23/h8-12,16,18,25H,4-7,13H2,1-3H3,(H,24,28). The summed E-state index contributed by atoms with van der Waals surface area (Å²) >= 11 is 0. The quantitative estimate of drug-likeness (QED) is 0.631. The molecule has 2 heterocycles. The Morgan fingerprint density at radius 1 is 1.17 bits per heavy atom. The summed E-state index contributed by atoms with van der Waals surface area (Å²) in [7, 11) is 1.64. The van der Waals surface area contributed by atoms with Gasteiger partial charge in [-0.05, 0) is 74.4 Å². The van der Waals surface area contributed by atoms with Crippen molar-refractivity contribution in [2.24, 2.45) is 5.92 Å². The van der Waals surface area contributed by atoms with Crippen LogP contribution in [0.15, 0.2) is 34.7 Å². The molecule has 2 N–H and O–H groups in total. The van der Waals surface area contributed by atoms with Gasteiger partial charge in [-0.15, -0.1) is 10.2 Å². The molecule has 7 heteroatoms. The number of aromatic amines is 1. The van der Waals surface area contributed by atoms with Gasteiger partial charge in [-0.2, -0.15) is 0 Å². The van der Waals surface area contributed by atoms with Crippen molar-refractivity contribution in [2.45, 2.75) is 45.4 Å². The summed E-state index contributed by atoms with van der Waals surface area (Å²) in [5.74, 6) is 2.93. The molecule has 0 saturated heterocycles. The lowest BCUT2D eigenvalue weighted by Crippen LogP contribution is -2.31. The third kappa shape index (κ3) is 4.40. The van der Waals surface area contributed by atoms with E-state index >= 15 is 0 Å². The molecule has 2 aromatic heterocycles. The number of H-pyrrole nitrogens is 1. The van der Waals surface area contributed by atoms with Crippen LogP contribution in [0.1, 0.15) is 59.4 Å². The van der Waals surface area contributed by atoms with Crippen LogP contribution in [0.3, 0.4) is 0 Å². The normalized spacial score (nSPS) is 18.9. The van der Waals surface area contributed by atoms with E-state index in [4.69, 9.17) is 9.15 Å². The third-order valence-electron chi connectivity index (χ3n) is 5.86. The molecule has 1 aromatic carbocycles. The number of nitrogens with zero attached hydrogens (tertiary/aromatic N) is 2. The molecule has 158 valence electrons. The highest BCUT2D eigenvalue weighted by Crippen LogP contribution is 2.35. The van der Waals surface area contributed by atoms with Crippen LogP contribution in [0.4, 0.5) is 0 Å². The lowest BCUT2D eigenvalue weighted by atomic mass is 9.82. The minimum absolute atomic E-state index is 0.0418. The Labute approximate surface area is 176 Å². The highest BCUT2D eigenvalue weighted by atomic mass is 16.5. The average molecular weight is 409 g/mol. The van der Waals surface area contributed by atoms with Crippen molar-refractivity contribution in [3.63, 3.8) is 0 Å². The molecule has 3 aromatic rings. The van der Waals surface area contributed by atoms with Crippen LogP contribution in [-0.2, 0) is 0 Å². The first-order valence-electron chi connectivity index (χ1n) is 10.5. The highest BCUT2D eigenvalue weighted by molar-refractivity contribution is 6.00. The van der Waals surface area contributed by atoms with Crippen molar-refractivity contribution in [3.05, 3.63) is 53.4 Å². The minimum atomic E-state index is -0.0418. The molecule has 0 radical (unpaired) electrons. The van der Waals surface area contributed by atoms with E-state index in [1.807, 2.05) is 44.2 Å². The molecule has 1 aliphatic rings. The number of benzene rings is 1. The van der Waals surface area contributed by atoms with Crippen LogP contribution < -0.4 is 10.1 Å². The van der Waals surface area contributed by atoms with Gasteiger partial charge in [0.05, 0.1) is 18.4 Å². The van der Waals surface area contributed by atoms with Crippen molar-refractivity contribution >= 4 is 5.91 Å². The summed E-state index contributed by atoms with van der Waals surface area (Å²) in [5, 5.41) is 11.2. The van der Waals surface area contributed by atoms with E-state index in [-0.39, 0.29) is 5.91 Å². The van der Waals surface area contributed by atoms with E-state index in [0.29, 0.717) is 29.8 Å². The number of ether oxygens (including phenoxy) is 1. The lowest BCUT2D eigenvalue weighted by Gasteiger charge is -2.26. The van der Waals surface area contributed by atoms with Crippen LogP contribution in [0, 0.1) is 19.8 Å². The molecule has 0 bridgehead atoms. The molecule has 7 nitrogen and oxygen atoms in total. The summed E-state index contributed by atoms with van der Waals surface area (Å²) in [6.45, 7) is 4.46. The molecule has 4 rings (SSSR count). The van der Waals surface area contributed by atoms with Gasteiger partial charge in [0.25, 0.3) is 5.91 Å². The maximum absolute atomic E-state index is 12.9. The maximum atomic E-state index is 12.9. The number of nitrogens with one attached hydrogen (secondary N) is 2. The molecule has 0 unspecified atom stereocenters. The number of carbonyl (C=O) groups excluding carboxylic acids is 1. The molecule has 1 aliphatic carbocycles. The van der Waals surface area contributed by atoms with Crippen molar-refractivity contribution in [2.75, 3.05) is 13.7 Å². The Hall–Kier alpha value is -3.09. The van der Waals surface area contributed by atoms with Gasteiger partial charge in [0.2, 0.25) is 11.8 Å². The van der Waals surface area contributed by atoms with Crippen LogP contribution in [-0.4, -0.2) is 34.7 Å². The van der Waals surface area contributed by atoms with Gasteiger partial charge >= 0.3 is 0 Å².